The molecule has 13 heavy (non-hydrogen) atoms. The Bertz CT molecular complexity index is 450. The first-order chi connectivity index (χ1) is 6.36. The van der Waals surface area contributed by atoms with E-state index in [1.54, 1.807) is 24.7 Å². The summed E-state index contributed by atoms with van der Waals surface area (Å²) in [4.78, 5) is 21.3. The van der Waals surface area contributed by atoms with Gasteiger partial charge in [0.05, 0.1) is 18.1 Å². The van der Waals surface area contributed by atoms with Crippen molar-refractivity contribution in [2.24, 2.45) is 0 Å². The molecule has 2 heterocycles. The fraction of sp³-hybridized carbons (Fsp3) is 0. The lowest BCUT2D eigenvalue weighted by atomic mass is 10.2. The molecule has 0 spiro atoms. The molecule has 0 radical (unpaired) electrons. The van der Waals surface area contributed by atoms with Gasteiger partial charge in [-0.1, -0.05) is 0 Å². The van der Waals surface area contributed by atoms with Crippen molar-refractivity contribution in [3.8, 4) is 11.3 Å². The highest BCUT2D eigenvalue weighted by molar-refractivity contribution is 5.55. The zero-order chi connectivity index (χ0) is 9.10. The molecule has 2 rings (SSSR count). The van der Waals surface area contributed by atoms with E-state index in [1.807, 2.05) is 6.07 Å². The van der Waals surface area contributed by atoms with Crippen LogP contribution in [0.3, 0.4) is 0 Å². The van der Waals surface area contributed by atoms with Crippen molar-refractivity contribution in [1.29, 1.82) is 0 Å². The summed E-state index contributed by atoms with van der Waals surface area (Å²) in [6, 6.07) is 3.67. The Hall–Kier alpha value is -1.97. The van der Waals surface area contributed by atoms with E-state index in [9.17, 15) is 4.79 Å². The van der Waals surface area contributed by atoms with Crippen LogP contribution in [0.2, 0.25) is 0 Å². The maximum Gasteiger partial charge on any atom is 0.266 e. The number of H-pyrrole nitrogens is 1. The van der Waals surface area contributed by atoms with Gasteiger partial charge in [0.25, 0.3) is 5.56 Å². The molecule has 2 aromatic heterocycles. The van der Waals surface area contributed by atoms with E-state index in [4.69, 9.17) is 0 Å². The van der Waals surface area contributed by atoms with E-state index in [0.29, 0.717) is 5.69 Å². The number of pyridine rings is 1. The third kappa shape index (κ3) is 1.61. The number of rotatable bonds is 1. The standard InChI is InChI=1S/C9H7N3O/c13-9-6-11-5-8(12-9)7-2-1-3-10-4-7/h1-6H,(H,12,13). The highest BCUT2D eigenvalue weighted by Crippen LogP contribution is 2.10. The molecular weight excluding hydrogens is 166 g/mol. The molecule has 1 N–H and O–H groups in total. The highest BCUT2D eigenvalue weighted by atomic mass is 16.1. The van der Waals surface area contributed by atoms with Crippen LogP contribution in [0.1, 0.15) is 0 Å². The van der Waals surface area contributed by atoms with Gasteiger partial charge in [0.2, 0.25) is 0 Å². The second kappa shape index (κ2) is 3.18. The van der Waals surface area contributed by atoms with Crippen molar-refractivity contribution in [3.05, 3.63) is 47.3 Å². The van der Waals surface area contributed by atoms with Crippen molar-refractivity contribution < 1.29 is 0 Å². The van der Waals surface area contributed by atoms with Gasteiger partial charge in [0.1, 0.15) is 0 Å². The zero-order valence-corrected chi connectivity index (χ0v) is 6.77. The Morgan fingerprint density at radius 2 is 2.08 bits per heavy atom. The average molecular weight is 173 g/mol. The molecule has 0 aliphatic rings. The summed E-state index contributed by atoms with van der Waals surface area (Å²) in [5.74, 6) is 0. The molecule has 0 saturated carbocycles. The summed E-state index contributed by atoms with van der Waals surface area (Å²) in [7, 11) is 0. The third-order valence-corrected chi connectivity index (χ3v) is 1.63. The molecular formula is C9H7N3O. The van der Waals surface area contributed by atoms with Crippen LogP contribution in [0.4, 0.5) is 0 Å². The lowest BCUT2D eigenvalue weighted by Gasteiger charge is -1.97. The first-order valence-electron chi connectivity index (χ1n) is 3.81. The maximum atomic E-state index is 10.9. The lowest BCUT2D eigenvalue weighted by molar-refractivity contribution is 1.14. The Morgan fingerprint density at radius 1 is 1.15 bits per heavy atom. The minimum absolute atomic E-state index is 0.207. The average Bonchev–Trinajstić information content (AvgIpc) is 2.19. The fourth-order valence-corrected chi connectivity index (χ4v) is 1.05. The smallest absolute Gasteiger partial charge is 0.266 e. The van der Waals surface area contributed by atoms with Gasteiger partial charge < -0.3 is 4.98 Å². The van der Waals surface area contributed by atoms with Crippen LogP contribution in [-0.2, 0) is 0 Å². The Morgan fingerprint density at radius 3 is 2.77 bits per heavy atom. The number of nitrogens with one attached hydrogen (secondary N) is 1. The van der Waals surface area contributed by atoms with E-state index in [2.05, 4.69) is 15.0 Å². The minimum Gasteiger partial charge on any atom is -0.319 e. The number of hydrogen-bond donors (Lipinski definition) is 1. The van der Waals surface area contributed by atoms with Crippen molar-refractivity contribution >= 4 is 0 Å². The molecule has 64 valence electrons. The molecule has 0 amide bonds. The van der Waals surface area contributed by atoms with E-state index in [1.165, 1.54) is 6.20 Å². The van der Waals surface area contributed by atoms with Crippen LogP contribution in [0, 0.1) is 0 Å². The second-order valence-electron chi connectivity index (χ2n) is 2.55. The van der Waals surface area contributed by atoms with Crippen molar-refractivity contribution in [3.63, 3.8) is 0 Å². The molecule has 0 unspecified atom stereocenters. The molecule has 0 saturated heterocycles. The largest absolute Gasteiger partial charge is 0.319 e. The van der Waals surface area contributed by atoms with Gasteiger partial charge in [-0.05, 0) is 12.1 Å². The molecule has 0 aliphatic heterocycles. The Kier molecular flexibility index (Phi) is 1.88. The summed E-state index contributed by atoms with van der Waals surface area (Å²) in [6.45, 7) is 0. The van der Waals surface area contributed by atoms with Crippen LogP contribution in [0.5, 0.6) is 0 Å². The van der Waals surface area contributed by atoms with Crippen molar-refractivity contribution in [2.75, 3.05) is 0 Å². The molecule has 4 heteroatoms. The SMILES string of the molecule is O=c1cncc(-c2cccnc2)[nH]1. The molecule has 0 aromatic carbocycles. The molecule has 2 aromatic rings. The molecule has 0 fully saturated rings. The first-order valence-corrected chi connectivity index (χ1v) is 3.81. The minimum atomic E-state index is -0.207. The van der Waals surface area contributed by atoms with Gasteiger partial charge in [0.15, 0.2) is 0 Å². The van der Waals surface area contributed by atoms with Crippen molar-refractivity contribution in [2.45, 2.75) is 0 Å². The van der Waals surface area contributed by atoms with Gasteiger partial charge >= 0.3 is 0 Å². The molecule has 0 bridgehead atoms. The molecule has 4 nitrogen and oxygen atoms in total. The van der Waals surface area contributed by atoms with Gasteiger partial charge in [-0.3, -0.25) is 14.8 Å². The number of aromatic amines is 1. The normalized spacial score (nSPS) is 9.85. The van der Waals surface area contributed by atoms with Crippen LogP contribution in [-0.4, -0.2) is 15.0 Å². The van der Waals surface area contributed by atoms with Crippen LogP contribution in [0.25, 0.3) is 11.3 Å². The van der Waals surface area contributed by atoms with Gasteiger partial charge in [0, 0.05) is 18.0 Å². The summed E-state index contributed by atoms with van der Waals surface area (Å²) in [5, 5.41) is 0. The topological polar surface area (TPSA) is 58.6 Å². The predicted molar refractivity (Wildman–Crippen MR) is 48.1 cm³/mol. The van der Waals surface area contributed by atoms with E-state index in [0.717, 1.165) is 5.56 Å². The van der Waals surface area contributed by atoms with Crippen molar-refractivity contribution in [1.82, 2.24) is 15.0 Å². The van der Waals surface area contributed by atoms with Gasteiger partial charge in [-0.15, -0.1) is 0 Å². The van der Waals surface area contributed by atoms with Crippen LogP contribution >= 0.6 is 0 Å². The lowest BCUT2D eigenvalue weighted by Crippen LogP contribution is -2.05. The Labute approximate surface area is 74.3 Å². The molecule has 0 atom stereocenters. The summed E-state index contributed by atoms with van der Waals surface area (Å²) in [6.07, 6.45) is 6.18. The highest BCUT2D eigenvalue weighted by Gasteiger charge is 1.96. The zero-order valence-electron chi connectivity index (χ0n) is 6.77. The number of hydrogen-bond acceptors (Lipinski definition) is 3. The summed E-state index contributed by atoms with van der Waals surface area (Å²) >= 11 is 0. The van der Waals surface area contributed by atoms with E-state index in [-0.39, 0.29) is 5.56 Å². The quantitative estimate of drug-likeness (QED) is 0.694. The second-order valence-corrected chi connectivity index (χ2v) is 2.55. The van der Waals surface area contributed by atoms with E-state index < -0.39 is 0 Å². The number of nitrogens with zero attached hydrogens (tertiary/aromatic N) is 2. The summed E-state index contributed by atoms with van der Waals surface area (Å²) < 4.78 is 0. The molecule has 0 aliphatic carbocycles. The summed E-state index contributed by atoms with van der Waals surface area (Å²) in [5.41, 5.74) is 1.33. The first kappa shape index (κ1) is 7.67. The predicted octanol–water partition coefficient (Wildman–Crippen LogP) is 0.832. The third-order valence-electron chi connectivity index (χ3n) is 1.63. The van der Waals surface area contributed by atoms with E-state index >= 15 is 0 Å². The van der Waals surface area contributed by atoms with Crippen LogP contribution in [0.15, 0.2) is 41.7 Å². The number of aromatic nitrogens is 3. The maximum absolute atomic E-state index is 10.9. The fourth-order valence-electron chi connectivity index (χ4n) is 1.05. The van der Waals surface area contributed by atoms with Crippen LogP contribution < -0.4 is 5.56 Å². The Balaban J connectivity index is 2.54. The van der Waals surface area contributed by atoms with Gasteiger partial charge in [-0.2, -0.15) is 0 Å². The van der Waals surface area contributed by atoms with Gasteiger partial charge in [-0.25, -0.2) is 0 Å². The monoisotopic (exact) mass is 173 g/mol.